The fourth-order valence-corrected chi connectivity index (χ4v) is 2.38. The van der Waals surface area contributed by atoms with Crippen LogP contribution in [0.2, 0.25) is 0 Å². The molecule has 2 heterocycles. The summed E-state index contributed by atoms with van der Waals surface area (Å²) in [6.07, 6.45) is 3.22. The van der Waals surface area contributed by atoms with E-state index in [4.69, 9.17) is 0 Å². The minimum atomic E-state index is 0.688. The number of nitrogens with zero attached hydrogens (tertiary/aromatic N) is 3. The van der Waals surface area contributed by atoms with Crippen LogP contribution in [0.5, 0.6) is 0 Å². The molecule has 1 aromatic carbocycles. The molecule has 0 saturated carbocycles. The number of fused-ring (bicyclic) bond motifs is 1. The van der Waals surface area contributed by atoms with E-state index in [0.29, 0.717) is 5.65 Å². The van der Waals surface area contributed by atoms with Crippen LogP contribution in [-0.2, 0) is 0 Å². The van der Waals surface area contributed by atoms with E-state index in [9.17, 15) is 0 Å². The summed E-state index contributed by atoms with van der Waals surface area (Å²) in [4.78, 5) is 15.7. The summed E-state index contributed by atoms with van der Waals surface area (Å²) < 4.78 is 1.04. The largest absolute Gasteiger partial charge is 0.335 e. The van der Waals surface area contributed by atoms with E-state index < -0.39 is 0 Å². The molecule has 0 aliphatic heterocycles. The van der Waals surface area contributed by atoms with E-state index in [1.54, 1.807) is 6.20 Å². The van der Waals surface area contributed by atoms with Crippen LogP contribution in [0.15, 0.2) is 35.2 Å². The average molecular weight is 289 g/mol. The number of hydrogen-bond acceptors (Lipinski definition) is 3. The Labute approximate surface area is 106 Å². The monoisotopic (exact) mass is 288 g/mol. The predicted molar refractivity (Wildman–Crippen MR) is 69.6 cm³/mol. The molecule has 0 saturated heterocycles. The van der Waals surface area contributed by atoms with Crippen molar-refractivity contribution in [3.8, 4) is 11.4 Å². The molecule has 0 spiro atoms. The summed E-state index contributed by atoms with van der Waals surface area (Å²) in [7, 11) is 0. The quantitative estimate of drug-likeness (QED) is 0.749. The summed E-state index contributed by atoms with van der Waals surface area (Å²) in [6.45, 7) is 2.05. The fraction of sp³-hybridized carbons (Fsp3) is 0.0833. The first-order chi connectivity index (χ1) is 8.22. The molecule has 0 amide bonds. The maximum Gasteiger partial charge on any atom is 0.181 e. The molecule has 0 fully saturated rings. The van der Waals surface area contributed by atoms with Gasteiger partial charge in [-0.05, 0) is 30.7 Å². The summed E-state index contributed by atoms with van der Waals surface area (Å²) >= 11 is 3.48. The highest BCUT2D eigenvalue weighted by Gasteiger charge is 2.06. The second-order valence-corrected chi connectivity index (χ2v) is 4.78. The lowest BCUT2D eigenvalue weighted by Crippen LogP contribution is -1.82. The lowest BCUT2D eigenvalue weighted by Gasteiger charge is -2.00. The Morgan fingerprint density at radius 3 is 2.88 bits per heavy atom. The van der Waals surface area contributed by atoms with Crippen LogP contribution < -0.4 is 0 Å². The van der Waals surface area contributed by atoms with Crippen LogP contribution in [0.1, 0.15) is 5.56 Å². The fourth-order valence-electron chi connectivity index (χ4n) is 1.77. The van der Waals surface area contributed by atoms with E-state index in [2.05, 4.69) is 54.9 Å². The topological polar surface area (TPSA) is 54.5 Å². The molecule has 1 N–H and O–H groups in total. The second-order valence-electron chi connectivity index (χ2n) is 3.86. The third kappa shape index (κ3) is 1.93. The summed E-state index contributed by atoms with van der Waals surface area (Å²) in [6, 6.07) is 6.17. The Bertz CT molecular complexity index is 637. The first-order valence-electron chi connectivity index (χ1n) is 5.16. The lowest BCUT2D eigenvalue weighted by atomic mass is 10.1. The molecule has 0 aliphatic rings. The van der Waals surface area contributed by atoms with Crippen molar-refractivity contribution in [3.05, 3.63) is 40.8 Å². The van der Waals surface area contributed by atoms with E-state index in [1.807, 2.05) is 6.07 Å². The van der Waals surface area contributed by atoms with Gasteiger partial charge >= 0.3 is 0 Å². The van der Waals surface area contributed by atoms with Crippen molar-refractivity contribution in [1.29, 1.82) is 0 Å². The minimum Gasteiger partial charge on any atom is -0.335 e. The van der Waals surface area contributed by atoms with Crippen LogP contribution >= 0.6 is 15.9 Å². The number of nitrogens with one attached hydrogen (secondary N) is 1. The Hall–Kier alpha value is -1.75. The first kappa shape index (κ1) is 10.4. The Balaban J connectivity index is 2.20. The SMILES string of the molecule is Cc1cc(Br)cc(-c2nc3ncncc3[nH]2)c1. The van der Waals surface area contributed by atoms with Gasteiger partial charge in [-0.25, -0.2) is 15.0 Å². The van der Waals surface area contributed by atoms with Gasteiger partial charge in [-0.15, -0.1) is 0 Å². The average Bonchev–Trinajstić information content (AvgIpc) is 2.71. The second kappa shape index (κ2) is 3.92. The van der Waals surface area contributed by atoms with Crippen LogP contribution in [0, 0.1) is 6.92 Å². The number of imidazole rings is 1. The number of rotatable bonds is 1. The highest BCUT2D eigenvalue weighted by atomic mass is 79.9. The van der Waals surface area contributed by atoms with Crippen molar-refractivity contribution in [1.82, 2.24) is 19.9 Å². The highest BCUT2D eigenvalue weighted by Crippen LogP contribution is 2.24. The first-order valence-corrected chi connectivity index (χ1v) is 5.95. The molecule has 0 radical (unpaired) electrons. The molecular weight excluding hydrogens is 280 g/mol. The van der Waals surface area contributed by atoms with Crippen molar-refractivity contribution >= 4 is 27.1 Å². The van der Waals surface area contributed by atoms with Crippen molar-refractivity contribution in [2.75, 3.05) is 0 Å². The molecule has 0 bridgehead atoms. The van der Waals surface area contributed by atoms with Gasteiger partial charge in [0.2, 0.25) is 0 Å². The number of benzene rings is 1. The zero-order valence-electron chi connectivity index (χ0n) is 9.11. The molecule has 5 heteroatoms. The molecule has 17 heavy (non-hydrogen) atoms. The van der Waals surface area contributed by atoms with Gasteiger partial charge in [0.25, 0.3) is 0 Å². The van der Waals surface area contributed by atoms with Gasteiger partial charge in [-0.3, -0.25) is 0 Å². The number of hydrogen-bond donors (Lipinski definition) is 1. The predicted octanol–water partition coefficient (Wildman–Crippen LogP) is 3.09. The standard InChI is InChI=1S/C12H9BrN4/c1-7-2-8(4-9(13)3-7)11-16-10-5-14-6-15-12(10)17-11/h2-6H,1H3,(H,14,15,16,17). The van der Waals surface area contributed by atoms with Crippen molar-refractivity contribution in [2.45, 2.75) is 6.92 Å². The molecule has 3 aromatic rings. The zero-order chi connectivity index (χ0) is 11.8. The summed E-state index contributed by atoms with van der Waals surface area (Å²) in [5.74, 6) is 0.810. The zero-order valence-corrected chi connectivity index (χ0v) is 10.7. The molecule has 0 aliphatic carbocycles. The van der Waals surface area contributed by atoms with Gasteiger partial charge in [-0.2, -0.15) is 0 Å². The minimum absolute atomic E-state index is 0.688. The summed E-state index contributed by atoms with van der Waals surface area (Å²) in [5.41, 5.74) is 3.75. The number of aromatic amines is 1. The van der Waals surface area contributed by atoms with Gasteiger partial charge in [0, 0.05) is 10.0 Å². The smallest absolute Gasteiger partial charge is 0.181 e. The van der Waals surface area contributed by atoms with Crippen LogP contribution in [0.25, 0.3) is 22.6 Å². The highest BCUT2D eigenvalue weighted by molar-refractivity contribution is 9.10. The third-order valence-electron chi connectivity index (χ3n) is 2.48. The van der Waals surface area contributed by atoms with Crippen molar-refractivity contribution in [3.63, 3.8) is 0 Å². The number of halogens is 1. The van der Waals surface area contributed by atoms with Crippen LogP contribution in [0.3, 0.4) is 0 Å². The van der Waals surface area contributed by atoms with Crippen molar-refractivity contribution < 1.29 is 0 Å². The molecule has 4 nitrogen and oxygen atoms in total. The van der Waals surface area contributed by atoms with Gasteiger partial charge < -0.3 is 4.98 Å². The normalized spacial score (nSPS) is 10.9. The molecule has 2 aromatic heterocycles. The van der Waals surface area contributed by atoms with E-state index in [0.717, 1.165) is 21.4 Å². The van der Waals surface area contributed by atoms with Gasteiger partial charge in [0.15, 0.2) is 5.65 Å². The number of H-pyrrole nitrogens is 1. The number of aromatic nitrogens is 4. The summed E-state index contributed by atoms with van der Waals surface area (Å²) in [5, 5.41) is 0. The van der Waals surface area contributed by atoms with E-state index >= 15 is 0 Å². The Kier molecular flexibility index (Phi) is 2.40. The molecule has 3 rings (SSSR count). The Morgan fingerprint density at radius 1 is 1.24 bits per heavy atom. The molecular formula is C12H9BrN4. The maximum atomic E-state index is 4.44. The van der Waals surface area contributed by atoms with Crippen LogP contribution in [0.4, 0.5) is 0 Å². The Morgan fingerprint density at radius 2 is 2.12 bits per heavy atom. The van der Waals surface area contributed by atoms with Crippen molar-refractivity contribution in [2.24, 2.45) is 0 Å². The van der Waals surface area contributed by atoms with Gasteiger partial charge in [-0.1, -0.05) is 15.9 Å². The van der Waals surface area contributed by atoms with E-state index in [-0.39, 0.29) is 0 Å². The van der Waals surface area contributed by atoms with Gasteiger partial charge in [0.05, 0.1) is 6.20 Å². The molecule has 84 valence electrons. The maximum absolute atomic E-state index is 4.44. The molecule has 0 atom stereocenters. The molecule has 0 unspecified atom stereocenters. The van der Waals surface area contributed by atoms with Crippen LogP contribution in [-0.4, -0.2) is 19.9 Å². The lowest BCUT2D eigenvalue weighted by molar-refractivity contribution is 1.20. The van der Waals surface area contributed by atoms with Gasteiger partial charge in [0.1, 0.15) is 17.7 Å². The van der Waals surface area contributed by atoms with E-state index in [1.165, 1.54) is 11.9 Å². The third-order valence-corrected chi connectivity index (χ3v) is 2.94. The number of aryl methyl sites for hydroxylation is 1.